The second-order valence-corrected chi connectivity index (χ2v) is 8.02. The molecule has 2 aliphatic rings. The van der Waals surface area contributed by atoms with E-state index in [0.717, 1.165) is 37.1 Å². The number of piperazine rings is 1. The van der Waals surface area contributed by atoms with Crippen LogP contribution in [0, 0.1) is 5.92 Å². The van der Waals surface area contributed by atoms with Crippen LogP contribution in [0.3, 0.4) is 0 Å². The topological polar surface area (TPSA) is 61.9 Å². The maximum absolute atomic E-state index is 12.7. The minimum Gasteiger partial charge on any atom is -0.457 e. The Morgan fingerprint density at radius 2 is 1.37 bits per heavy atom. The van der Waals surface area contributed by atoms with Crippen LogP contribution in [-0.4, -0.2) is 47.9 Å². The summed E-state index contributed by atoms with van der Waals surface area (Å²) in [6.45, 7) is 2.37. The van der Waals surface area contributed by atoms with E-state index >= 15 is 0 Å². The van der Waals surface area contributed by atoms with E-state index in [9.17, 15) is 9.59 Å². The first-order chi connectivity index (χ1) is 14.7. The maximum Gasteiger partial charge on any atom is 0.321 e. The van der Waals surface area contributed by atoms with E-state index in [1.807, 2.05) is 59.5 Å². The van der Waals surface area contributed by atoms with Crippen LogP contribution in [0.1, 0.15) is 32.1 Å². The summed E-state index contributed by atoms with van der Waals surface area (Å²) in [5, 5.41) is 2.94. The van der Waals surface area contributed by atoms with E-state index in [2.05, 4.69) is 5.32 Å². The van der Waals surface area contributed by atoms with Crippen molar-refractivity contribution in [3.8, 4) is 11.5 Å². The second-order valence-electron chi connectivity index (χ2n) is 8.02. The molecule has 0 radical (unpaired) electrons. The van der Waals surface area contributed by atoms with Crippen molar-refractivity contribution in [3.63, 3.8) is 0 Å². The van der Waals surface area contributed by atoms with Gasteiger partial charge in [-0.05, 0) is 49.2 Å². The minimum atomic E-state index is -0.128. The number of hydrogen-bond acceptors (Lipinski definition) is 3. The molecular formula is C24H29N3O3. The summed E-state index contributed by atoms with van der Waals surface area (Å²) in [6.07, 6.45) is 5.60. The van der Waals surface area contributed by atoms with Crippen LogP contribution in [-0.2, 0) is 4.79 Å². The highest BCUT2D eigenvalue weighted by atomic mass is 16.5. The van der Waals surface area contributed by atoms with Crippen molar-refractivity contribution < 1.29 is 14.3 Å². The molecule has 2 aromatic carbocycles. The number of carbonyl (C=O) groups excluding carboxylic acids is 2. The fourth-order valence-corrected chi connectivity index (χ4v) is 4.17. The van der Waals surface area contributed by atoms with Gasteiger partial charge in [0.1, 0.15) is 11.5 Å². The van der Waals surface area contributed by atoms with Gasteiger partial charge in [0, 0.05) is 37.8 Å². The second kappa shape index (κ2) is 9.65. The zero-order valence-electron chi connectivity index (χ0n) is 17.3. The Hall–Kier alpha value is -3.02. The number of nitrogens with zero attached hydrogens (tertiary/aromatic N) is 2. The molecule has 2 aromatic rings. The number of nitrogens with one attached hydrogen (secondary N) is 1. The fraction of sp³-hybridized carbons (Fsp3) is 0.417. The lowest BCUT2D eigenvalue weighted by Crippen LogP contribution is -2.53. The largest absolute Gasteiger partial charge is 0.457 e. The quantitative estimate of drug-likeness (QED) is 0.797. The van der Waals surface area contributed by atoms with Crippen LogP contribution in [0.15, 0.2) is 54.6 Å². The van der Waals surface area contributed by atoms with Crippen molar-refractivity contribution in [2.45, 2.75) is 32.1 Å². The van der Waals surface area contributed by atoms with Gasteiger partial charge < -0.3 is 19.9 Å². The van der Waals surface area contributed by atoms with Gasteiger partial charge >= 0.3 is 6.03 Å². The van der Waals surface area contributed by atoms with Crippen LogP contribution in [0.4, 0.5) is 10.5 Å². The van der Waals surface area contributed by atoms with E-state index in [1.54, 1.807) is 4.90 Å². The number of ether oxygens (including phenoxy) is 1. The Kier molecular flexibility index (Phi) is 6.52. The summed E-state index contributed by atoms with van der Waals surface area (Å²) in [5.74, 6) is 1.96. The smallest absolute Gasteiger partial charge is 0.321 e. The summed E-state index contributed by atoms with van der Waals surface area (Å²) in [6, 6.07) is 16.8. The Morgan fingerprint density at radius 1 is 0.767 bits per heavy atom. The molecule has 6 nitrogen and oxygen atoms in total. The predicted molar refractivity (Wildman–Crippen MR) is 117 cm³/mol. The number of carbonyl (C=O) groups is 2. The third kappa shape index (κ3) is 5.12. The molecule has 6 heteroatoms. The highest BCUT2D eigenvalue weighted by Crippen LogP contribution is 2.26. The summed E-state index contributed by atoms with van der Waals surface area (Å²) >= 11 is 0. The third-order valence-electron chi connectivity index (χ3n) is 5.92. The van der Waals surface area contributed by atoms with Crippen molar-refractivity contribution >= 4 is 17.6 Å². The fourth-order valence-electron chi connectivity index (χ4n) is 4.17. The van der Waals surface area contributed by atoms with E-state index in [1.165, 1.54) is 6.42 Å². The molecule has 158 valence electrons. The van der Waals surface area contributed by atoms with Crippen LogP contribution in [0.25, 0.3) is 0 Å². The van der Waals surface area contributed by atoms with Crippen molar-refractivity contribution in [3.05, 3.63) is 54.6 Å². The molecule has 30 heavy (non-hydrogen) atoms. The molecule has 0 atom stereocenters. The maximum atomic E-state index is 12.7. The summed E-state index contributed by atoms with van der Waals surface area (Å²) in [7, 11) is 0. The monoisotopic (exact) mass is 407 g/mol. The summed E-state index contributed by atoms with van der Waals surface area (Å²) < 4.78 is 5.78. The highest BCUT2D eigenvalue weighted by Gasteiger charge is 2.29. The van der Waals surface area contributed by atoms with Crippen molar-refractivity contribution in [2.75, 3.05) is 31.5 Å². The lowest BCUT2D eigenvalue weighted by molar-refractivity contribution is -0.138. The normalized spacial score (nSPS) is 17.5. The summed E-state index contributed by atoms with van der Waals surface area (Å²) in [4.78, 5) is 29.0. The summed E-state index contributed by atoms with van der Waals surface area (Å²) in [5.41, 5.74) is 0.723. The predicted octanol–water partition coefficient (Wildman–Crippen LogP) is 4.74. The van der Waals surface area contributed by atoms with Crippen LogP contribution in [0.5, 0.6) is 11.5 Å². The molecule has 1 saturated heterocycles. The van der Waals surface area contributed by atoms with Crippen molar-refractivity contribution in [1.29, 1.82) is 0 Å². The number of urea groups is 1. The molecule has 1 saturated carbocycles. The molecule has 0 aromatic heterocycles. The van der Waals surface area contributed by atoms with Gasteiger partial charge in [-0.25, -0.2) is 4.79 Å². The lowest BCUT2D eigenvalue weighted by atomic mass is 9.88. The Balaban J connectivity index is 1.25. The first-order valence-electron chi connectivity index (χ1n) is 10.9. The molecule has 1 aliphatic heterocycles. The third-order valence-corrected chi connectivity index (χ3v) is 5.92. The molecular weight excluding hydrogens is 378 g/mol. The first-order valence-corrected chi connectivity index (χ1v) is 10.9. The zero-order chi connectivity index (χ0) is 20.8. The van der Waals surface area contributed by atoms with E-state index in [4.69, 9.17) is 4.74 Å². The van der Waals surface area contributed by atoms with Gasteiger partial charge in [-0.2, -0.15) is 0 Å². The number of anilines is 1. The first kappa shape index (κ1) is 20.3. The number of para-hydroxylation sites is 1. The van der Waals surface area contributed by atoms with E-state index < -0.39 is 0 Å². The lowest BCUT2D eigenvalue weighted by Gasteiger charge is -2.37. The van der Waals surface area contributed by atoms with E-state index in [-0.39, 0.29) is 17.9 Å². The zero-order valence-corrected chi connectivity index (χ0v) is 17.3. The minimum absolute atomic E-state index is 0.128. The molecule has 0 unspecified atom stereocenters. The average molecular weight is 408 g/mol. The van der Waals surface area contributed by atoms with Gasteiger partial charge in [0.15, 0.2) is 0 Å². The Bertz CT molecular complexity index is 840. The van der Waals surface area contributed by atoms with Gasteiger partial charge in [0.05, 0.1) is 0 Å². The number of amides is 3. The molecule has 3 amide bonds. The van der Waals surface area contributed by atoms with Crippen molar-refractivity contribution in [1.82, 2.24) is 9.80 Å². The molecule has 4 rings (SSSR count). The van der Waals surface area contributed by atoms with Crippen LogP contribution < -0.4 is 10.1 Å². The number of benzene rings is 2. The molecule has 0 spiro atoms. The molecule has 1 heterocycles. The Morgan fingerprint density at radius 3 is 2.03 bits per heavy atom. The molecule has 1 N–H and O–H groups in total. The van der Waals surface area contributed by atoms with Crippen LogP contribution >= 0.6 is 0 Å². The van der Waals surface area contributed by atoms with Gasteiger partial charge in [0.25, 0.3) is 0 Å². The van der Waals surface area contributed by atoms with Gasteiger partial charge in [-0.3, -0.25) is 4.79 Å². The Labute approximate surface area is 177 Å². The number of hydrogen-bond donors (Lipinski definition) is 1. The van der Waals surface area contributed by atoms with Crippen molar-refractivity contribution in [2.24, 2.45) is 5.92 Å². The molecule has 0 bridgehead atoms. The molecule has 2 fully saturated rings. The highest BCUT2D eigenvalue weighted by molar-refractivity contribution is 5.89. The average Bonchev–Trinajstić information content (AvgIpc) is 2.81. The SMILES string of the molecule is O=C(Nc1ccc(Oc2ccccc2)cc1)N1CCN(C(=O)C2CCCCC2)CC1. The van der Waals surface area contributed by atoms with Gasteiger partial charge in [-0.1, -0.05) is 37.5 Å². The number of rotatable bonds is 4. The van der Waals surface area contributed by atoms with Crippen LogP contribution in [0.2, 0.25) is 0 Å². The van der Waals surface area contributed by atoms with E-state index in [0.29, 0.717) is 31.9 Å². The molecule has 1 aliphatic carbocycles. The standard InChI is InChI=1S/C24H29N3O3/c28-23(19-7-3-1-4-8-19)26-15-17-27(18-16-26)24(29)25-20-11-13-22(14-12-20)30-21-9-5-2-6-10-21/h2,5-6,9-14,19H,1,3-4,7-8,15-18H2,(H,25,29). The van der Waals surface area contributed by atoms with Gasteiger partial charge in [-0.15, -0.1) is 0 Å². The van der Waals surface area contributed by atoms with Gasteiger partial charge in [0.2, 0.25) is 5.91 Å².